The van der Waals surface area contributed by atoms with Gasteiger partial charge in [0.1, 0.15) is 0 Å². The smallest absolute Gasteiger partial charge is 0.185 e. The van der Waals surface area contributed by atoms with Gasteiger partial charge in [-0.15, -0.1) is 11.3 Å². The molecule has 0 aliphatic rings. The molecule has 19 heavy (non-hydrogen) atoms. The molecular weight excluding hydrogens is 278 g/mol. The molecule has 1 heterocycles. The SMILES string of the molecule is CCN(CC)c1ncc(CNc2ccccc2Cl)s1. The Hall–Kier alpha value is -1.26. The predicted molar refractivity (Wildman–Crippen MR) is 84.5 cm³/mol. The molecule has 0 radical (unpaired) electrons. The van der Waals surface area contributed by atoms with Gasteiger partial charge in [-0.3, -0.25) is 0 Å². The average molecular weight is 296 g/mol. The molecule has 1 aromatic heterocycles. The Balaban J connectivity index is 1.99. The summed E-state index contributed by atoms with van der Waals surface area (Å²) in [6.45, 7) is 7.02. The number of thiazole rings is 1. The van der Waals surface area contributed by atoms with E-state index in [1.54, 1.807) is 11.3 Å². The lowest BCUT2D eigenvalue weighted by molar-refractivity contribution is 0.860. The number of anilines is 2. The van der Waals surface area contributed by atoms with E-state index in [0.717, 1.165) is 35.5 Å². The van der Waals surface area contributed by atoms with Gasteiger partial charge in [-0.05, 0) is 26.0 Å². The summed E-state index contributed by atoms with van der Waals surface area (Å²) >= 11 is 7.83. The lowest BCUT2D eigenvalue weighted by atomic mass is 10.3. The van der Waals surface area contributed by atoms with E-state index in [4.69, 9.17) is 11.6 Å². The van der Waals surface area contributed by atoms with E-state index >= 15 is 0 Å². The molecule has 102 valence electrons. The number of aromatic nitrogens is 1. The van der Waals surface area contributed by atoms with Crippen molar-refractivity contribution in [2.45, 2.75) is 20.4 Å². The van der Waals surface area contributed by atoms with Crippen LogP contribution in [0.25, 0.3) is 0 Å². The highest BCUT2D eigenvalue weighted by Gasteiger charge is 2.07. The zero-order valence-electron chi connectivity index (χ0n) is 11.2. The number of nitrogens with zero attached hydrogens (tertiary/aromatic N) is 2. The molecule has 3 nitrogen and oxygen atoms in total. The summed E-state index contributed by atoms with van der Waals surface area (Å²) in [5.74, 6) is 0. The molecule has 0 fully saturated rings. The van der Waals surface area contributed by atoms with E-state index in [2.05, 4.69) is 29.0 Å². The van der Waals surface area contributed by atoms with Crippen LogP contribution >= 0.6 is 22.9 Å². The minimum atomic E-state index is 0.746. The van der Waals surface area contributed by atoms with Gasteiger partial charge >= 0.3 is 0 Å². The predicted octanol–water partition coefficient (Wildman–Crippen LogP) is 4.25. The maximum absolute atomic E-state index is 6.11. The third-order valence-electron chi connectivity index (χ3n) is 2.90. The summed E-state index contributed by atoms with van der Waals surface area (Å²) in [5.41, 5.74) is 0.960. The Morgan fingerprint density at radius 3 is 2.68 bits per heavy atom. The van der Waals surface area contributed by atoms with E-state index in [1.165, 1.54) is 4.88 Å². The highest BCUT2D eigenvalue weighted by atomic mass is 35.5. The lowest BCUT2D eigenvalue weighted by Crippen LogP contribution is -2.21. The summed E-state index contributed by atoms with van der Waals surface area (Å²) in [6.07, 6.45) is 1.93. The highest BCUT2D eigenvalue weighted by Crippen LogP contribution is 2.25. The second kappa shape index (κ2) is 6.78. The first-order valence-electron chi connectivity index (χ1n) is 6.42. The zero-order valence-corrected chi connectivity index (χ0v) is 12.8. The Bertz CT molecular complexity index is 523. The van der Waals surface area contributed by atoms with Gasteiger partial charge in [0.2, 0.25) is 0 Å². The Labute approximate surface area is 123 Å². The molecule has 1 aromatic carbocycles. The third-order valence-corrected chi connectivity index (χ3v) is 4.29. The van der Waals surface area contributed by atoms with Crippen molar-refractivity contribution in [3.63, 3.8) is 0 Å². The molecule has 0 bridgehead atoms. The lowest BCUT2D eigenvalue weighted by Gasteiger charge is -2.16. The first kappa shape index (κ1) is 14.2. The van der Waals surface area contributed by atoms with Crippen LogP contribution in [0.5, 0.6) is 0 Å². The molecule has 1 N–H and O–H groups in total. The van der Waals surface area contributed by atoms with Crippen LogP contribution in [0.15, 0.2) is 30.5 Å². The largest absolute Gasteiger partial charge is 0.379 e. The molecule has 0 aliphatic heterocycles. The van der Waals surface area contributed by atoms with Crippen molar-refractivity contribution in [2.24, 2.45) is 0 Å². The number of para-hydroxylation sites is 1. The fourth-order valence-electron chi connectivity index (χ4n) is 1.81. The maximum Gasteiger partial charge on any atom is 0.185 e. The Morgan fingerprint density at radius 2 is 2.00 bits per heavy atom. The first-order chi connectivity index (χ1) is 9.24. The van der Waals surface area contributed by atoms with Crippen LogP contribution in [0.4, 0.5) is 10.8 Å². The summed E-state index contributed by atoms with van der Waals surface area (Å²) in [7, 11) is 0. The Morgan fingerprint density at radius 1 is 1.26 bits per heavy atom. The summed E-state index contributed by atoms with van der Waals surface area (Å²) in [6, 6.07) is 7.77. The number of halogens is 1. The van der Waals surface area contributed by atoms with E-state index in [1.807, 2.05) is 30.5 Å². The van der Waals surface area contributed by atoms with E-state index < -0.39 is 0 Å². The van der Waals surface area contributed by atoms with Crippen LogP contribution in [-0.2, 0) is 6.54 Å². The molecule has 0 saturated heterocycles. The second-order valence-electron chi connectivity index (χ2n) is 4.11. The molecule has 0 unspecified atom stereocenters. The van der Waals surface area contributed by atoms with Gasteiger partial charge < -0.3 is 10.2 Å². The fourth-order valence-corrected chi connectivity index (χ4v) is 2.99. The van der Waals surface area contributed by atoms with Gasteiger partial charge in [0, 0.05) is 24.2 Å². The molecular formula is C14H18ClN3S. The van der Waals surface area contributed by atoms with Gasteiger partial charge in [0.15, 0.2) is 5.13 Å². The molecule has 0 atom stereocenters. The third kappa shape index (κ3) is 3.61. The first-order valence-corrected chi connectivity index (χ1v) is 7.62. The topological polar surface area (TPSA) is 28.2 Å². The van der Waals surface area contributed by atoms with Crippen LogP contribution in [0.1, 0.15) is 18.7 Å². The van der Waals surface area contributed by atoms with Crippen molar-refractivity contribution in [3.8, 4) is 0 Å². The average Bonchev–Trinajstić information content (AvgIpc) is 2.88. The zero-order chi connectivity index (χ0) is 13.7. The molecule has 2 aromatic rings. The molecule has 5 heteroatoms. The highest BCUT2D eigenvalue weighted by molar-refractivity contribution is 7.15. The van der Waals surface area contributed by atoms with Crippen molar-refractivity contribution < 1.29 is 0 Å². The van der Waals surface area contributed by atoms with Crippen LogP contribution in [0, 0.1) is 0 Å². The van der Waals surface area contributed by atoms with Crippen LogP contribution in [0.3, 0.4) is 0 Å². The number of nitrogens with one attached hydrogen (secondary N) is 1. The minimum Gasteiger partial charge on any atom is -0.379 e. The van der Waals surface area contributed by atoms with E-state index in [9.17, 15) is 0 Å². The van der Waals surface area contributed by atoms with Crippen molar-refractivity contribution in [1.82, 2.24) is 4.98 Å². The normalized spacial score (nSPS) is 10.5. The standard InChI is InChI=1S/C14H18ClN3S/c1-3-18(4-2)14-17-10-11(19-14)9-16-13-8-6-5-7-12(13)15/h5-8,10,16H,3-4,9H2,1-2H3. The maximum atomic E-state index is 6.11. The van der Waals surface area contributed by atoms with Crippen molar-refractivity contribution >= 4 is 33.8 Å². The molecule has 0 aliphatic carbocycles. The molecule has 0 saturated carbocycles. The molecule has 2 rings (SSSR count). The summed E-state index contributed by atoms with van der Waals surface area (Å²) in [5, 5.41) is 5.17. The summed E-state index contributed by atoms with van der Waals surface area (Å²) < 4.78 is 0. The van der Waals surface area contributed by atoms with Gasteiger partial charge in [-0.2, -0.15) is 0 Å². The van der Waals surface area contributed by atoms with Crippen molar-refractivity contribution in [2.75, 3.05) is 23.3 Å². The van der Waals surface area contributed by atoms with Gasteiger partial charge in [-0.1, -0.05) is 23.7 Å². The van der Waals surface area contributed by atoms with Gasteiger partial charge in [-0.25, -0.2) is 4.98 Å². The monoisotopic (exact) mass is 295 g/mol. The fraction of sp³-hybridized carbons (Fsp3) is 0.357. The minimum absolute atomic E-state index is 0.746. The number of hydrogen-bond acceptors (Lipinski definition) is 4. The quantitative estimate of drug-likeness (QED) is 0.863. The van der Waals surface area contributed by atoms with E-state index in [-0.39, 0.29) is 0 Å². The number of benzene rings is 1. The second-order valence-corrected chi connectivity index (χ2v) is 5.62. The van der Waals surface area contributed by atoms with Gasteiger partial charge in [0.05, 0.1) is 17.3 Å². The van der Waals surface area contributed by atoms with Crippen LogP contribution in [-0.4, -0.2) is 18.1 Å². The van der Waals surface area contributed by atoms with E-state index in [0.29, 0.717) is 0 Å². The van der Waals surface area contributed by atoms with Gasteiger partial charge in [0.25, 0.3) is 0 Å². The summed E-state index contributed by atoms with van der Waals surface area (Å²) in [4.78, 5) is 7.93. The van der Waals surface area contributed by atoms with Crippen LogP contribution < -0.4 is 10.2 Å². The molecule has 0 amide bonds. The van der Waals surface area contributed by atoms with Crippen molar-refractivity contribution in [3.05, 3.63) is 40.4 Å². The van der Waals surface area contributed by atoms with Crippen molar-refractivity contribution in [1.29, 1.82) is 0 Å². The molecule has 0 spiro atoms. The Kier molecular flexibility index (Phi) is 5.05. The van der Waals surface area contributed by atoms with Crippen LogP contribution in [0.2, 0.25) is 5.02 Å². The number of rotatable bonds is 6. The number of hydrogen-bond donors (Lipinski definition) is 1.